The molecule has 4 aromatic rings. The Morgan fingerprint density at radius 3 is 2.25 bits per heavy atom. The first-order valence-corrected chi connectivity index (χ1v) is 9.48. The molecule has 140 valence electrons. The van der Waals surface area contributed by atoms with Crippen LogP contribution in [-0.4, -0.2) is 12.7 Å². The van der Waals surface area contributed by atoms with Gasteiger partial charge < -0.3 is 4.74 Å². The van der Waals surface area contributed by atoms with Crippen LogP contribution in [0.3, 0.4) is 0 Å². The van der Waals surface area contributed by atoms with Crippen molar-refractivity contribution in [2.24, 2.45) is 7.05 Å². The number of rotatable bonds is 4. The second-order valence-corrected chi connectivity index (χ2v) is 6.79. The van der Waals surface area contributed by atoms with Crippen LogP contribution in [0.5, 0.6) is 0 Å². The summed E-state index contributed by atoms with van der Waals surface area (Å²) in [5, 5.41) is 6.53. The van der Waals surface area contributed by atoms with Gasteiger partial charge in [-0.1, -0.05) is 42.5 Å². The first-order chi connectivity index (χ1) is 13.7. The summed E-state index contributed by atoms with van der Waals surface area (Å²) in [7, 11) is 2.13. The molecule has 3 aromatic carbocycles. The molecular weight excluding hydrogens is 348 g/mol. The SMILES string of the molecule is CCOC(=O)Nc1ccc(Cc2c3ccccc3c3ccccc3[n+]2C)cc1. The maximum atomic E-state index is 11.6. The van der Waals surface area contributed by atoms with Gasteiger partial charge in [-0.3, -0.25) is 5.32 Å². The fourth-order valence-electron chi connectivity index (χ4n) is 3.69. The summed E-state index contributed by atoms with van der Waals surface area (Å²) < 4.78 is 7.20. The number of anilines is 1. The molecule has 1 amide bonds. The van der Waals surface area contributed by atoms with E-state index in [9.17, 15) is 4.79 Å². The minimum absolute atomic E-state index is 0.357. The first-order valence-electron chi connectivity index (χ1n) is 9.48. The van der Waals surface area contributed by atoms with Crippen LogP contribution in [0.4, 0.5) is 10.5 Å². The molecule has 0 spiro atoms. The van der Waals surface area contributed by atoms with Gasteiger partial charge >= 0.3 is 6.09 Å². The van der Waals surface area contributed by atoms with Crippen LogP contribution < -0.4 is 9.88 Å². The van der Waals surface area contributed by atoms with E-state index in [-0.39, 0.29) is 0 Å². The average molecular weight is 371 g/mol. The van der Waals surface area contributed by atoms with Crippen molar-refractivity contribution in [3.8, 4) is 0 Å². The summed E-state index contributed by atoms with van der Waals surface area (Å²) in [6.07, 6.45) is 0.379. The van der Waals surface area contributed by atoms with E-state index in [4.69, 9.17) is 4.74 Å². The first kappa shape index (κ1) is 18.0. The van der Waals surface area contributed by atoms with Gasteiger partial charge in [-0.05, 0) is 36.8 Å². The van der Waals surface area contributed by atoms with E-state index in [2.05, 4.69) is 65.5 Å². The summed E-state index contributed by atoms with van der Waals surface area (Å²) >= 11 is 0. The number of nitrogens with zero attached hydrogens (tertiary/aromatic N) is 1. The number of para-hydroxylation sites is 1. The van der Waals surface area contributed by atoms with Crippen LogP contribution >= 0.6 is 0 Å². The zero-order valence-electron chi connectivity index (χ0n) is 16.1. The zero-order chi connectivity index (χ0) is 19.5. The van der Waals surface area contributed by atoms with Gasteiger partial charge in [0.2, 0.25) is 5.52 Å². The van der Waals surface area contributed by atoms with Crippen LogP contribution in [0.15, 0.2) is 72.8 Å². The molecule has 0 saturated heterocycles. The average Bonchev–Trinajstić information content (AvgIpc) is 2.72. The molecule has 0 aliphatic carbocycles. The topological polar surface area (TPSA) is 42.2 Å². The Kier molecular flexibility index (Phi) is 4.94. The lowest BCUT2D eigenvalue weighted by atomic mass is 9.99. The highest BCUT2D eigenvalue weighted by atomic mass is 16.5. The Bertz CT molecular complexity index is 1150. The van der Waals surface area contributed by atoms with E-state index in [1.807, 2.05) is 24.3 Å². The lowest BCUT2D eigenvalue weighted by molar-refractivity contribution is -0.651. The molecule has 4 heteroatoms. The Morgan fingerprint density at radius 1 is 0.893 bits per heavy atom. The van der Waals surface area contributed by atoms with E-state index in [0.29, 0.717) is 6.61 Å². The number of pyridine rings is 1. The summed E-state index contributed by atoms with van der Waals surface area (Å²) in [5.41, 5.74) is 4.40. The molecule has 1 heterocycles. The van der Waals surface area contributed by atoms with Gasteiger partial charge in [0.15, 0.2) is 5.69 Å². The van der Waals surface area contributed by atoms with Crippen LogP contribution in [-0.2, 0) is 18.2 Å². The smallest absolute Gasteiger partial charge is 0.411 e. The van der Waals surface area contributed by atoms with Gasteiger partial charge in [0.05, 0.1) is 18.4 Å². The highest BCUT2D eigenvalue weighted by Gasteiger charge is 2.18. The molecular formula is C24H23N2O2+. The van der Waals surface area contributed by atoms with Gasteiger partial charge in [0.1, 0.15) is 7.05 Å². The van der Waals surface area contributed by atoms with Gasteiger partial charge in [-0.2, -0.15) is 4.57 Å². The molecule has 0 aliphatic rings. The van der Waals surface area contributed by atoms with Crippen LogP contribution in [0, 0.1) is 0 Å². The predicted octanol–water partition coefficient (Wildman–Crippen LogP) is 4.98. The summed E-state index contributed by atoms with van der Waals surface area (Å²) in [6, 6.07) is 25.0. The van der Waals surface area contributed by atoms with E-state index in [1.165, 1.54) is 32.9 Å². The maximum Gasteiger partial charge on any atom is 0.411 e. The van der Waals surface area contributed by atoms with Crippen molar-refractivity contribution in [1.29, 1.82) is 0 Å². The number of fused-ring (bicyclic) bond motifs is 3. The highest BCUT2D eigenvalue weighted by Crippen LogP contribution is 2.26. The maximum absolute atomic E-state index is 11.6. The fourth-order valence-corrected chi connectivity index (χ4v) is 3.69. The highest BCUT2D eigenvalue weighted by molar-refractivity contribution is 6.04. The Hall–Kier alpha value is -3.40. The van der Waals surface area contributed by atoms with Crippen molar-refractivity contribution in [2.45, 2.75) is 13.3 Å². The van der Waals surface area contributed by atoms with Crippen molar-refractivity contribution in [3.63, 3.8) is 0 Å². The normalized spacial score (nSPS) is 10.9. The molecule has 28 heavy (non-hydrogen) atoms. The quantitative estimate of drug-likeness (QED) is 0.406. The monoisotopic (exact) mass is 371 g/mol. The summed E-state index contributed by atoms with van der Waals surface area (Å²) in [5.74, 6) is 0. The standard InChI is InChI=1S/C24H22N2O2/c1-3-28-24(27)25-18-14-12-17(13-15-18)16-23-21-10-5-4-8-19(21)20-9-6-7-11-22(20)26(23)2/h4-15H,3,16H2,1-2H3/p+1. The number of aromatic nitrogens is 1. The van der Waals surface area contributed by atoms with Gasteiger partial charge in [-0.15, -0.1) is 0 Å². The van der Waals surface area contributed by atoms with Crippen molar-refractivity contribution < 1.29 is 14.1 Å². The van der Waals surface area contributed by atoms with E-state index in [0.717, 1.165) is 12.1 Å². The van der Waals surface area contributed by atoms with Gasteiger partial charge in [0.25, 0.3) is 0 Å². The van der Waals surface area contributed by atoms with Gasteiger partial charge in [0, 0.05) is 22.5 Å². The van der Waals surface area contributed by atoms with Crippen molar-refractivity contribution in [3.05, 3.63) is 84.1 Å². The molecule has 1 N–H and O–H groups in total. The Labute approximate surface area is 164 Å². The van der Waals surface area contributed by atoms with Crippen molar-refractivity contribution >= 4 is 33.5 Å². The van der Waals surface area contributed by atoms with Gasteiger partial charge in [-0.25, -0.2) is 4.79 Å². The minimum Gasteiger partial charge on any atom is -0.450 e. The molecule has 0 aliphatic heterocycles. The molecule has 0 unspecified atom stereocenters. The molecule has 0 saturated carbocycles. The molecule has 0 bridgehead atoms. The molecule has 0 radical (unpaired) electrons. The van der Waals surface area contributed by atoms with E-state index < -0.39 is 6.09 Å². The number of aryl methyl sites for hydroxylation is 1. The zero-order valence-corrected chi connectivity index (χ0v) is 16.1. The van der Waals surface area contributed by atoms with Crippen LogP contribution in [0.1, 0.15) is 18.2 Å². The third-order valence-electron chi connectivity index (χ3n) is 5.05. The molecule has 1 aromatic heterocycles. The fraction of sp³-hybridized carbons (Fsp3) is 0.167. The van der Waals surface area contributed by atoms with Crippen molar-refractivity contribution in [1.82, 2.24) is 0 Å². The number of amides is 1. The van der Waals surface area contributed by atoms with Crippen LogP contribution in [0.2, 0.25) is 0 Å². The number of hydrogen-bond acceptors (Lipinski definition) is 2. The lowest BCUT2D eigenvalue weighted by Gasteiger charge is -2.10. The molecule has 0 atom stereocenters. The van der Waals surface area contributed by atoms with Crippen LogP contribution in [0.25, 0.3) is 21.7 Å². The number of benzene rings is 3. The second kappa shape index (κ2) is 7.69. The van der Waals surface area contributed by atoms with E-state index >= 15 is 0 Å². The third kappa shape index (κ3) is 3.41. The molecule has 4 nitrogen and oxygen atoms in total. The number of carbonyl (C=O) groups excluding carboxylic acids is 1. The Balaban J connectivity index is 1.71. The summed E-state index contributed by atoms with van der Waals surface area (Å²) in [6.45, 7) is 2.14. The largest absolute Gasteiger partial charge is 0.450 e. The minimum atomic E-state index is -0.429. The molecule has 4 rings (SSSR count). The number of hydrogen-bond donors (Lipinski definition) is 1. The lowest BCUT2D eigenvalue weighted by Crippen LogP contribution is -2.35. The Morgan fingerprint density at radius 2 is 1.54 bits per heavy atom. The second-order valence-electron chi connectivity index (χ2n) is 6.79. The molecule has 0 fully saturated rings. The summed E-state index contributed by atoms with van der Waals surface area (Å²) in [4.78, 5) is 11.6. The van der Waals surface area contributed by atoms with E-state index in [1.54, 1.807) is 6.92 Å². The predicted molar refractivity (Wildman–Crippen MR) is 113 cm³/mol. The third-order valence-corrected chi connectivity index (χ3v) is 5.05. The number of ether oxygens (including phenoxy) is 1. The van der Waals surface area contributed by atoms with Crippen molar-refractivity contribution in [2.75, 3.05) is 11.9 Å². The number of carbonyl (C=O) groups is 1. The number of nitrogens with one attached hydrogen (secondary N) is 1.